The van der Waals surface area contributed by atoms with Gasteiger partial charge in [-0.05, 0) is 35.2 Å². The molecule has 0 saturated heterocycles. The van der Waals surface area contributed by atoms with Gasteiger partial charge >= 0.3 is 0 Å². The molecule has 0 radical (unpaired) electrons. The number of halogens is 1. The lowest BCUT2D eigenvalue weighted by molar-refractivity contribution is 0.272. The average molecular weight is 255 g/mol. The van der Waals surface area contributed by atoms with Crippen LogP contribution in [0.25, 0.3) is 10.9 Å². The lowest BCUT2D eigenvalue weighted by atomic mass is 10.2. The second-order valence-electron chi connectivity index (χ2n) is 4.57. The van der Waals surface area contributed by atoms with Gasteiger partial charge in [-0.2, -0.15) is 0 Å². The summed E-state index contributed by atoms with van der Waals surface area (Å²) in [4.78, 5) is 0. The number of fused-ring (bicyclic) bond motifs is 1. The Kier molecular flexibility index (Phi) is 3.05. The Hall–Kier alpha value is -2.13. The Bertz CT molecular complexity index is 700. The van der Waals surface area contributed by atoms with Gasteiger partial charge in [-0.3, -0.25) is 0 Å². The van der Waals surface area contributed by atoms with Crippen LogP contribution in [0.4, 0.5) is 4.39 Å². The molecule has 0 aliphatic heterocycles. The maximum Gasteiger partial charge on any atom is 0.123 e. The summed E-state index contributed by atoms with van der Waals surface area (Å²) >= 11 is 0. The highest BCUT2D eigenvalue weighted by Gasteiger charge is 2.08. The van der Waals surface area contributed by atoms with Gasteiger partial charge in [0.1, 0.15) is 5.82 Å². The molecular weight excluding hydrogens is 241 g/mol. The molecule has 3 rings (SSSR count). The Morgan fingerprint density at radius 3 is 2.47 bits per heavy atom. The van der Waals surface area contributed by atoms with Crippen LogP contribution in [0.3, 0.4) is 0 Å². The van der Waals surface area contributed by atoms with E-state index in [0.29, 0.717) is 6.54 Å². The Morgan fingerprint density at radius 2 is 1.74 bits per heavy atom. The molecule has 0 atom stereocenters. The zero-order valence-corrected chi connectivity index (χ0v) is 10.4. The summed E-state index contributed by atoms with van der Waals surface area (Å²) in [5.41, 5.74) is 2.96. The molecule has 1 N–H and O–H groups in total. The highest BCUT2D eigenvalue weighted by Crippen LogP contribution is 2.21. The minimum Gasteiger partial charge on any atom is -0.390 e. The molecule has 96 valence electrons. The number of para-hydroxylation sites is 1. The molecule has 2 aromatic carbocycles. The van der Waals surface area contributed by atoms with Crippen LogP contribution in [0, 0.1) is 5.82 Å². The van der Waals surface area contributed by atoms with E-state index in [1.54, 1.807) is 12.1 Å². The van der Waals surface area contributed by atoms with Crippen molar-refractivity contribution in [1.29, 1.82) is 0 Å². The van der Waals surface area contributed by atoms with E-state index in [1.165, 1.54) is 12.1 Å². The number of rotatable bonds is 3. The van der Waals surface area contributed by atoms with Gasteiger partial charge in [-0.15, -0.1) is 0 Å². The van der Waals surface area contributed by atoms with Crippen molar-refractivity contribution in [3.63, 3.8) is 0 Å². The number of nitrogens with zero attached hydrogens (tertiary/aromatic N) is 1. The van der Waals surface area contributed by atoms with E-state index in [0.717, 1.165) is 22.2 Å². The third-order valence-electron chi connectivity index (χ3n) is 3.31. The molecule has 0 amide bonds. The van der Waals surface area contributed by atoms with Crippen LogP contribution >= 0.6 is 0 Å². The first-order chi connectivity index (χ1) is 9.28. The monoisotopic (exact) mass is 255 g/mol. The van der Waals surface area contributed by atoms with Gasteiger partial charge in [0.2, 0.25) is 0 Å². The Morgan fingerprint density at radius 1 is 1.00 bits per heavy atom. The molecule has 0 fully saturated rings. The summed E-state index contributed by atoms with van der Waals surface area (Å²) in [5, 5.41) is 10.6. The van der Waals surface area contributed by atoms with Crippen molar-refractivity contribution < 1.29 is 9.50 Å². The Balaban J connectivity index is 2.06. The molecule has 2 nitrogen and oxygen atoms in total. The van der Waals surface area contributed by atoms with Gasteiger partial charge in [0, 0.05) is 17.8 Å². The van der Waals surface area contributed by atoms with Crippen LogP contribution in [0.1, 0.15) is 11.3 Å². The highest BCUT2D eigenvalue weighted by atomic mass is 19.1. The molecule has 19 heavy (non-hydrogen) atoms. The zero-order chi connectivity index (χ0) is 13.2. The first-order valence-electron chi connectivity index (χ1n) is 6.20. The van der Waals surface area contributed by atoms with E-state index in [9.17, 15) is 9.50 Å². The number of hydrogen-bond donors (Lipinski definition) is 1. The van der Waals surface area contributed by atoms with E-state index >= 15 is 0 Å². The quantitative estimate of drug-likeness (QED) is 0.763. The minimum atomic E-state index is -0.233. The lowest BCUT2D eigenvalue weighted by Gasteiger charge is -2.09. The van der Waals surface area contributed by atoms with Crippen LogP contribution < -0.4 is 0 Å². The van der Waals surface area contributed by atoms with Gasteiger partial charge in [-0.25, -0.2) is 4.39 Å². The molecule has 3 aromatic rings. The first-order valence-corrected chi connectivity index (χ1v) is 6.20. The summed E-state index contributed by atoms with van der Waals surface area (Å²) in [5.74, 6) is -0.233. The van der Waals surface area contributed by atoms with Crippen molar-refractivity contribution in [3.05, 3.63) is 71.7 Å². The molecule has 0 aliphatic carbocycles. The summed E-state index contributed by atoms with van der Waals surface area (Å²) in [7, 11) is 0. The minimum absolute atomic E-state index is 0.00409. The van der Waals surface area contributed by atoms with E-state index in [2.05, 4.69) is 4.57 Å². The third kappa shape index (κ3) is 2.25. The highest BCUT2D eigenvalue weighted by molar-refractivity contribution is 5.81. The largest absolute Gasteiger partial charge is 0.390 e. The topological polar surface area (TPSA) is 25.2 Å². The molecule has 0 unspecified atom stereocenters. The van der Waals surface area contributed by atoms with Crippen molar-refractivity contribution in [2.45, 2.75) is 13.2 Å². The van der Waals surface area contributed by atoms with Crippen LogP contribution in [0.5, 0.6) is 0 Å². The smallest absolute Gasteiger partial charge is 0.123 e. The zero-order valence-electron chi connectivity index (χ0n) is 10.4. The van der Waals surface area contributed by atoms with Crippen molar-refractivity contribution >= 4 is 10.9 Å². The maximum atomic E-state index is 12.9. The number of hydrogen-bond acceptors (Lipinski definition) is 1. The van der Waals surface area contributed by atoms with E-state index < -0.39 is 0 Å². The van der Waals surface area contributed by atoms with E-state index in [4.69, 9.17) is 0 Å². The normalized spacial score (nSPS) is 11.1. The van der Waals surface area contributed by atoms with Crippen LogP contribution in [0.15, 0.2) is 54.6 Å². The predicted molar refractivity (Wildman–Crippen MR) is 73.4 cm³/mol. The van der Waals surface area contributed by atoms with Crippen LogP contribution in [-0.2, 0) is 13.2 Å². The Labute approximate surface area is 110 Å². The van der Waals surface area contributed by atoms with E-state index in [-0.39, 0.29) is 12.4 Å². The molecule has 0 saturated carbocycles. The van der Waals surface area contributed by atoms with Crippen molar-refractivity contribution in [2.24, 2.45) is 0 Å². The molecular formula is C16H14FNO. The van der Waals surface area contributed by atoms with E-state index in [1.807, 2.05) is 30.3 Å². The van der Waals surface area contributed by atoms with Gasteiger partial charge in [-0.1, -0.05) is 30.3 Å². The average Bonchev–Trinajstić information content (AvgIpc) is 2.79. The SMILES string of the molecule is OCc1cc2ccccc2n1Cc1ccc(F)cc1. The lowest BCUT2D eigenvalue weighted by Crippen LogP contribution is -2.04. The fourth-order valence-corrected chi connectivity index (χ4v) is 2.36. The van der Waals surface area contributed by atoms with Crippen molar-refractivity contribution in [3.8, 4) is 0 Å². The number of aliphatic hydroxyl groups excluding tert-OH is 1. The molecule has 0 aliphatic rings. The standard InChI is InChI=1S/C16H14FNO/c17-14-7-5-12(6-8-14)10-18-15(11-19)9-13-3-1-2-4-16(13)18/h1-9,19H,10-11H2. The van der Waals surface area contributed by atoms with Crippen LogP contribution in [0.2, 0.25) is 0 Å². The number of aliphatic hydroxyl groups is 1. The van der Waals surface area contributed by atoms with Gasteiger partial charge < -0.3 is 9.67 Å². The van der Waals surface area contributed by atoms with Crippen molar-refractivity contribution in [1.82, 2.24) is 4.57 Å². The summed E-state index contributed by atoms with van der Waals surface area (Å²) < 4.78 is 15.0. The molecule has 1 aromatic heterocycles. The first kappa shape index (κ1) is 11.9. The molecule has 3 heteroatoms. The predicted octanol–water partition coefficient (Wildman–Crippen LogP) is 3.32. The summed E-state index contributed by atoms with van der Waals surface area (Å²) in [6.45, 7) is 0.625. The summed E-state index contributed by atoms with van der Waals surface area (Å²) in [6.07, 6.45) is 0. The second kappa shape index (κ2) is 4.86. The maximum absolute atomic E-state index is 12.9. The summed E-state index contributed by atoms with van der Waals surface area (Å²) in [6, 6.07) is 16.4. The fourth-order valence-electron chi connectivity index (χ4n) is 2.36. The number of aromatic nitrogens is 1. The van der Waals surface area contributed by atoms with Gasteiger partial charge in [0.25, 0.3) is 0 Å². The molecule has 0 spiro atoms. The second-order valence-corrected chi connectivity index (χ2v) is 4.57. The van der Waals surface area contributed by atoms with Gasteiger partial charge in [0.15, 0.2) is 0 Å². The van der Waals surface area contributed by atoms with Crippen molar-refractivity contribution in [2.75, 3.05) is 0 Å². The van der Waals surface area contributed by atoms with Gasteiger partial charge in [0.05, 0.1) is 6.61 Å². The fraction of sp³-hybridized carbons (Fsp3) is 0.125. The third-order valence-corrected chi connectivity index (χ3v) is 3.31. The van der Waals surface area contributed by atoms with Crippen LogP contribution in [-0.4, -0.2) is 9.67 Å². The molecule has 1 heterocycles. The molecule has 0 bridgehead atoms. The number of benzene rings is 2.